The van der Waals surface area contributed by atoms with E-state index in [1.165, 1.54) is 4.68 Å². The fraction of sp³-hybridized carbons (Fsp3) is 0.316. The molecule has 1 N–H and O–H groups in total. The maximum Gasteiger partial charge on any atom is 0.274 e. The summed E-state index contributed by atoms with van der Waals surface area (Å²) in [5.41, 5.74) is 0.171. The van der Waals surface area contributed by atoms with Crippen LogP contribution in [0.5, 0.6) is 0 Å². The number of thiophene rings is 1. The molecule has 0 radical (unpaired) electrons. The lowest BCUT2D eigenvalue weighted by Crippen LogP contribution is -2.30. The van der Waals surface area contributed by atoms with E-state index < -0.39 is 0 Å². The highest BCUT2D eigenvalue weighted by Crippen LogP contribution is 2.14. The third-order valence-corrected chi connectivity index (χ3v) is 4.94. The van der Waals surface area contributed by atoms with Crippen molar-refractivity contribution in [3.05, 3.63) is 62.7 Å². The molecule has 2 aromatic heterocycles. The number of benzene rings is 1. The average Bonchev–Trinajstić information content (AvgIpc) is 3.15. The van der Waals surface area contributed by atoms with E-state index in [0.717, 1.165) is 24.1 Å². The second-order valence-corrected chi connectivity index (χ2v) is 6.92. The Hall–Kier alpha value is -2.47. The first-order valence-corrected chi connectivity index (χ1v) is 9.39. The van der Waals surface area contributed by atoms with Crippen LogP contribution in [0.15, 0.2) is 46.6 Å². The number of aromatic nitrogens is 2. The fourth-order valence-electron chi connectivity index (χ4n) is 2.73. The Morgan fingerprint density at radius 3 is 2.68 bits per heavy atom. The molecular formula is C19H21N3O2S. The van der Waals surface area contributed by atoms with Gasteiger partial charge in [0.2, 0.25) is 0 Å². The zero-order valence-corrected chi connectivity index (χ0v) is 15.0. The molecule has 6 heteroatoms. The maximum atomic E-state index is 12.7. The topological polar surface area (TPSA) is 64.0 Å². The van der Waals surface area contributed by atoms with E-state index >= 15 is 0 Å². The van der Waals surface area contributed by atoms with Crippen molar-refractivity contribution in [1.29, 1.82) is 0 Å². The Morgan fingerprint density at radius 1 is 1.16 bits per heavy atom. The summed E-state index contributed by atoms with van der Waals surface area (Å²) in [6.07, 6.45) is 2.97. The predicted molar refractivity (Wildman–Crippen MR) is 101 cm³/mol. The van der Waals surface area contributed by atoms with Crippen molar-refractivity contribution in [2.24, 2.45) is 0 Å². The summed E-state index contributed by atoms with van der Waals surface area (Å²) in [5.74, 6) is -0.256. The predicted octanol–water partition coefficient (Wildman–Crippen LogP) is 3.58. The maximum absolute atomic E-state index is 12.7. The smallest absolute Gasteiger partial charge is 0.274 e. The second kappa shape index (κ2) is 8.07. The Kier molecular flexibility index (Phi) is 5.60. The van der Waals surface area contributed by atoms with Crippen LogP contribution in [-0.2, 0) is 13.1 Å². The number of amides is 1. The highest BCUT2D eigenvalue weighted by atomic mass is 32.1. The second-order valence-electron chi connectivity index (χ2n) is 5.89. The molecular weight excluding hydrogens is 334 g/mol. The Labute approximate surface area is 150 Å². The molecule has 0 saturated heterocycles. The molecule has 1 amide bonds. The molecule has 2 heterocycles. The Morgan fingerprint density at radius 2 is 1.96 bits per heavy atom. The van der Waals surface area contributed by atoms with Gasteiger partial charge in [-0.05, 0) is 23.9 Å². The van der Waals surface area contributed by atoms with Crippen molar-refractivity contribution in [3.63, 3.8) is 0 Å². The first kappa shape index (κ1) is 17.4. The molecule has 0 spiro atoms. The summed E-state index contributed by atoms with van der Waals surface area (Å²) in [6, 6.07) is 11.1. The van der Waals surface area contributed by atoms with E-state index in [1.807, 2.05) is 29.6 Å². The number of nitrogens with one attached hydrogen (secondary N) is 1. The van der Waals surface area contributed by atoms with Crippen LogP contribution in [0.2, 0.25) is 0 Å². The van der Waals surface area contributed by atoms with Crippen molar-refractivity contribution in [2.75, 3.05) is 0 Å². The number of hydrogen-bond acceptors (Lipinski definition) is 4. The molecule has 0 aliphatic rings. The first-order chi connectivity index (χ1) is 12.2. The monoisotopic (exact) mass is 355 g/mol. The van der Waals surface area contributed by atoms with Gasteiger partial charge >= 0.3 is 0 Å². The van der Waals surface area contributed by atoms with Gasteiger partial charge in [-0.1, -0.05) is 44.0 Å². The van der Waals surface area contributed by atoms with Crippen LogP contribution in [0, 0.1) is 0 Å². The molecule has 0 atom stereocenters. The van der Waals surface area contributed by atoms with Crippen LogP contribution in [0.3, 0.4) is 0 Å². The lowest BCUT2D eigenvalue weighted by atomic mass is 10.1. The van der Waals surface area contributed by atoms with E-state index in [2.05, 4.69) is 17.3 Å². The van der Waals surface area contributed by atoms with Gasteiger partial charge in [0.05, 0.1) is 11.9 Å². The van der Waals surface area contributed by atoms with Gasteiger partial charge in [-0.25, -0.2) is 4.68 Å². The number of hydrogen-bond donors (Lipinski definition) is 1. The molecule has 0 bridgehead atoms. The van der Waals surface area contributed by atoms with Crippen molar-refractivity contribution >= 4 is 28.0 Å². The van der Waals surface area contributed by atoms with Crippen LogP contribution in [0.1, 0.15) is 41.6 Å². The van der Waals surface area contributed by atoms with E-state index in [0.29, 0.717) is 29.6 Å². The summed E-state index contributed by atoms with van der Waals surface area (Å²) >= 11 is 1.59. The summed E-state index contributed by atoms with van der Waals surface area (Å²) in [6.45, 7) is 3.10. The van der Waals surface area contributed by atoms with Crippen molar-refractivity contribution in [1.82, 2.24) is 15.1 Å². The number of carbonyl (C=O) groups excluding carboxylic acids is 1. The fourth-order valence-corrected chi connectivity index (χ4v) is 3.37. The van der Waals surface area contributed by atoms with Gasteiger partial charge in [0, 0.05) is 16.8 Å². The number of unbranched alkanes of at least 4 members (excludes halogenated alkanes) is 2. The molecule has 130 valence electrons. The summed E-state index contributed by atoms with van der Waals surface area (Å²) in [5, 5.41) is 10.4. The number of rotatable bonds is 7. The third kappa shape index (κ3) is 3.96. The number of fused-ring (bicyclic) bond motifs is 1. The van der Waals surface area contributed by atoms with E-state index in [-0.39, 0.29) is 11.5 Å². The van der Waals surface area contributed by atoms with Gasteiger partial charge in [0.15, 0.2) is 5.69 Å². The van der Waals surface area contributed by atoms with Crippen molar-refractivity contribution in [3.8, 4) is 0 Å². The third-order valence-electron chi connectivity index (χ3n) is 4.06. The molecule has 3 aromatic rings. The molecule has 0 aliphatic carbocycles. The van der Waals surface area contributed by atoms with E-state index in [1.54, 1.807) is 23.5 Å². The van der Waals surface area contributed by atoms with Gasteiger partial charge in [0.1, 0.15) is 0 Å². The van der Waals surface area contributed by atoms with E-state index in [4.69, 9.17) is 0 Å². The van der Waals surface area contributed by atoms with Gasteiger partial charge in [0.25, 0.3) is 11.5 Å². The van der Waals surface area contributed by atoms with Crippen LogP contribution < -0.4 is 10.9 Å². The first-order valence-electron chi connectivity index (χ1n) is 8.51. The Bertz CT molecular complexity index is 916. The molecule has 3 rings (SSSR count). The van der Waals surface area contributed by atoms with Crippen LogP contribution in [0.25, 0.3) is 10.8 Å². The average molecular weight is 355 g/mol. The minimum Gasteiger partial charge on any atom is -0.346 e. The summed E-state index contributed by atoms with van der Waals surface area (Å²) in [4.78, 5) is 26.4. The van der Waals surface area contributed by atoms with Gasteiger partial charge in [-0.15, -0.1) is 11.3 Å². The molecule has 0 unspecified atom stereocenters. The van der Waals surface area contributed by atoms with Crippen molar-refractivity contribution < 1.29 is 4.79 Å². The molecule has 0 saturated carbocycles. The normalized spacial score (nSPS) is 10.9. The van der Waals surface area contributed by atoms with E-state index in [9.17, 15) is 9.59 Å². The SMILES string of the molecule is CCCCCn1nc(C(=O)NCc2cccs2)c2ccccc2c1=O. The minimum atomic E-state index is -0.256. The lowest BCUT2D eigenvalue weighted by Gasteiger charge is -2.11. The molecule has 5 nitrogen and oxygen atoms in total. The standard InChI is InChI=1S/C19H21N3O2S/c1-2-3-6-11-22-19(24)16-10-5-4-9-15(16)17(21-22)18(23)20-13-14-8-7-12-25-14/h4-5,7-10,12H,2-3,6,11,13H2,1H3,(H,20,23). The highest BCUT2D eigenvalue weighted by Gasteiger charge is 2.16. The summed E-state index contributed by atoms with van der Waals surface area (Å²) in [7, 11) is 0. The molecule has 0 fully saturated rings. The highest BCUT2D eigenvalue weighted by molar-refractivity contribution is 7.09. The van der Waals surface area contributed by atoms with Gasteiger partial charge in [-0.2, -0.15) is 5.10 Å². The Balaban J connectivity index is 1.93. The van der Waals surface area contributed by atoms with Crippen LogP contribution in [0.4, 0.5) is 0 Å². The zero-order valence-electron chi connectivity index (χ0n) is 14.2. The lowest BCUT2D eigenvalue weighted by molar-refractivity contribution is 0.0945. The van der Waals surface area contributed by atoms with Crippen LogP contribution >= 0.6 is 11.3 Å². The molecule has 1 aromatic carbocycles. The van der Waals surface area contributed by atoms with Crippen molar-refractivity contribution in [2.45, 2.75) is 39.3 Å². The van der Waals surface area contributed by atoms with Gasteiger partial charge in [-0.3, -0.25) is 9.59 Å². The zero-order chi connectivity index (χ0) is 17.6. The molecule has 25 heavy (non-hydrogen) atoms. The minimum absolute atomic E-state index is 0.137. The molecule has 0 aliphatic heterocycles. The number of carbonyl (C=O) groups is 1. The number of nitrogens with zero attached hydrogens (tertiary/aromatic N) is 2. The summed E-state index contributed by atoms with van der Waals surface area (Å²) < 4.78 is 1.43. The van der Waals surface area contributed by atoms with Crippen LogP contribution in [-0.4, -0.2) is 15.7 Å². The largest absolute Gasteiger partial charge is 0.346 e. The number of aryl methyl sites for hydroxylation is 1. The van der Waals surface area contributed by atoms with Gasteiger partial charge < -0.3 is 5.32 Å². The quantitative estimate of drug-likeness (QED) is 0.659.